The van der Waals surface area contributed by atoms with Crippen LogP contribution in [0.4, 0.5) is 5.69 Å². The maximum Gasteiger partial charge on any atom is 0.261 e. The second kappa shape index (κ2) is 9.09. The van der Waals surface area contributed by atoms with Crippen molar-refractivity contribution < 1.29 is 19.1 Å². The van der Waals surface area contributed by atoms with Gasteiger partial charge in [0.05, 0.1) is 12.7 Å². The molecular formula is C21H19ClN2O4S. The second-order valence-corrected chi connectivity index (χ2v) is 7.05. The van der Waals surface area contributed by atoms with Gasteiger partial charge in [-0.1, -0.05) is 11.6 Å². The summed E-state index contributed by atoms with van der Waals surface area (Å²) >= 11 is 11.2. The molecule has 3 N–H and O–H groups in total. The SMILES string of the molecule is COc1ccc(Cl)cc1C(=O)NC(=S)Nc1ccc(-c2ccc(CO)o2)c(C)c1. The van der Waals surface area contributed by atoms with Gasteiger partial charge < -0.3 is 19.6 Å². The molecule has 6 nitrogen and oxygen atoms in total. The molecule has 0 aliphatic heterocycles. The fraction of sp³-hybridized carbons (Fsp3) is 0.143. The van der Waals surface area contributed by atoms with E-state index in [1.165, 1.54) is 13.2 Å². The van der Waals surface area contributed by atoms with Crippen LogP contribution in [0.15, 0.2) is 52.9 Å². The minimum Gasteiger partial charge on any atom is -0.496 e. The smallest absolute Gasteiger partial charge is 0.261 e. The van der Waals surface area contributed by atoms with Gasteiger partial charge in [-0.05, 0) is 73.2 Å². The largest absolute Gasteiger partial charge is 0.496 e. The number of ether oxygens (including phenoxy) is 1. The minimum atomic E-state index is -0.428. The van der Waals surface area contributed by atoms with Crippen LogP contribution in [0.5, 0.6) is 5.75 Å². The molecule has 29 heavy (non-hydrogen) atoms. The van der Waals surface area contributed by atoms with Gasteiger partial charge in [-0.3, -0.25) is 10.1 Å². The molecule has 1 aromatic heterocycles. The Bertz CT molecular complexity index is 1060. The average Bonchev–Trinajstić information content (AvgIpc) is 3.16. The van der Waals surface area contributed by atoms with Crippen LogP contribution in [-0.2, 0) is 6.61 Å². The van der Waals surface area contributed by atoms with Crippen molar-refractivity contribution in [2.24, 2.45) is 0 Å². The molecule has 3 aromatic rings. The van der Waals surface area contributed by atoms with Crippen molar-refractivity contribution in [3.8, 4) is 17.1 Å². The number of nitrogens with one attached hydrogen (secondary N) is 2. The summed E-state index contributed by atoms with van der Waals surface area (Å²) in [4.78, 5) is 12.5. The Hall–Kier alpha value is -2.87. The number of carbonyl (C=O) groups is 1. The van der Waals surface area contributed by atoms with Crippen LogP contribution in [0.25, 0.3) is 11.3 Å². The maximum atomic E-state index is 12.5. The van der Waals surface area contributed by atoms with Gasteiger partial charge >= 0.3 is 0 Å². The summed E-state index contributed by atoms with van der Waals surface area (Å²) in [6.45, 7) is 1.78. The molecule has 1 heterocycles. The molecule has 0 atom stereocenters. The zero-order chi connectivity index (χ0) is 21.0. The molecule has 150 valence electrons. The first-order valence-electron chi connectivity index (χ1n) is 8.67. The van der Waals surface area contributed by atoms with Crippen molar-refractivity contribution in [3.63, 3.8) is 0 Å². The zero-order valence-corrected chi connectivity index (χ0v) is 17.4. The lowest BCUT2D eigenvalue weighted by molar-refractivity contribution is 0.0975. The normalized spacial score (nSPS) is 10.5. The van der Waals surface area contributed by atoms with Crippen LogP contribution in [0.2, 0.25) is 5.02 Å². The van der Waals surface area contributed by atoms with Gasteiger partial charge in [0, 0.05) is 16.3 Å². The Labute approximate surface area is 178 Å². The van der Waals surface area contributed by atoms with Gasteiger partial charge in [0.1, 0.15) is 23.9 Å². The highest BCUT2D eigenvalue weighted by Crippen LogP contribution is 2.28. The molecule has 0 saturated carbocycles. The van der Waals surface area contributed by atoms with Crippen LogP contribution in [0, 0.1) is 6.92 Å². The lowest BCUT2D eigenvalue weighted by Crippen LogP contribution is -2.34. The highest BCUT2D eigenvalue weighted by atomic mass is 35.5. The summed E-state index contributed by atoms with van der Waals surface area (Å²) in [7, 11) is 1.48. The molecule has 0 aliphatic rings. The van der Waals surface area contributed by atoms with Gasteiger partial charge in [-0.2, -0.15) is 0 Å². The molecule has 0 aliphatic carbocycles. The number of carbonyl (C=O) groups excluding carboxylic acids is 1. The number of hydrogen-bond donors (Lipinski definition) is 3. The molecule has 0 spiro atoms. The maximum absolute atomic E-state index is 12.5. The van der Waals surface area contributed by atoms with Gasteiger partial charge in [-0.25, -0.2) is 0 Å². The van der Waals surface area contributed by atoms with Crippen molar-refractivity contribution in [2.75, 3.05) is 12.4 Å². The van der Waals surface area contributed by atoms with E-state index in [9.17, 15) is 4.79 Å². The molecule has 8 heteroatoms. The number of thiocarbonyl (C=S) groups is 1. The number of aliphatic hydroxyl groups excluding tert-OH is 1. The van der Waals surface area contributed by atoms with Gasteiger partial charge in [0.15, 0.2) is 5.11 Å². The quantitative estimate of drug-likeness (QED) is 0.515. The lowest BCUT2D eigenvalue weighted by atomic mass is 10.1. The summed E-state index contributed by atoms with van der Waals surface area (Å²) in [5.74, 6) is 1.14. The number of aliphatic hydroxyl groups is 1. The fourth-order valence-electron chi connectivity index (χ4n) is 2.82. The second-order valence-electron chi connectivity index (χ2n) is 6.21. The molecule has 0 bridgehead atoms. The molecule has 3 rings (SSSR count). The summed E-state index contributed by atoms with van der Waals surface area (Å²) in [5, 5.41) is 15.3. The number of benzene rings is 2. The Morgan fingerprint density at radius 1 is 1.21 bits per heavy atom. The van der Waals surface area contributed by atoms with E-state index >= 15 is 0 Å². The monoisotopic (exact) mass is 430 g/mol. The van der Waals surface area contributed by atoms with Crippen molar-refractivity contribution >= 4 is 40.5 Å². The van der Waals surface area contributed by atoms with E-state index < -0.39 is 5.91 Å². The highest BCUT2D eigenvalue weighted by molar-refractivity contribution is 7.80. The van der Waals surface area contributed by atoms with Crippen LogP contribution >= 0.6 is 23.8 Å². The van der Waals surface area contributed by atoms with E-state index in [1.807, 2.05) is 31.2 Å². The van der Waals surface area contributed by atoms with E-state index in [-0.39, 0.29) is 17.3 Å². The summed E-state index contributed by atoms with van der Waals surface area (Å²) in [6.07, 6.45) is 0. The Morgan fingerprint density at radius 2 is 2.00 bits per heavy atom. The number of aryl methyl sites for hydroxylation is 1. The van der Waals surface area contributed by atoms with E-state index in [1.54, 1.807) is 18.2 Å². The van der Waals surface area contributed by atoms with E-state index in [2.05, 4.69) is 10.6 Å². The molecule has 0 radical (unpaired) electrons. The van der Waals surface area contributed by atoms with Crippen molar-refractivity contribution in [3.05, 3.63) is 70.4 Å². The number of rotatable bonds is 5. The molecular weight excluding hydrogens is 412 g/mol. The van der Waals surface area contributed by atoms with Crippen LogP contribution in [0.1, 0.15) is 21.7 Å². The number of furan rings is 1. The van der Waals surface area contributed by atoms with Crippen molar-refractivity contribution in [1.29, 1.82) is 0 Å². The Balaban J connectivity index is 1.70. The summed E-state index contributed by atoms with van der Waals surface area (Å²) in [6, 6.07) is 13.9. The predicted octanol–water partition coefficient (Wildman–Crippen LogP) is 4.54. The zero-order valence-electron chi connectivity index (χ0n) is 15.8. The summed E-state index contributed by atoms with van der Waals surface area (Å²) in [5.41, 5.74) is 2.84. The fourth-order valence-corrected chi connectivity index (χ4v) is 3.20. The van der Waals surface area contributed by atoms with Gasteiger partial charge in [0.2, 0.25) is 0 Å². The molecule has 1 amide bonds. The third kappa shape index (κ3) is 4.95. The van der Waals surface area contributed by atoms with Crippen LogP contribution in [-0.4, -0.2) is 23.2 Å². The minimum absolute atomic E-state index is 0.143. The Morgan fingerprint density at radius 3 is 2.66 bits per heavy atom. The number of methoxy groups -OCH3 is 1. The van der Waals surface area contributed by atoms with E-state index in [0.717, 1.165) is 11.1 Å². The average molecular weight is 431 g/mol. The van der Waals surface area contributed by atoms with Crippen molar-refractivity contribution in [2.45, 2.75) is 13.5 Å². The van der Waals surface area contributed by atoms with E-state index in [0.29, 0.717) is 28.0 Å². The standard InChI is InChI=1S/C21H19ClN2O4S/c1-12-9-14(4-6-16(12)19-8-5-15(11-25)28-19)23-21(29)24-20(26)17-10-13(22)3-7-18(17)27-2/h3-10,25H,11H2,1-2H3,(H2,23,24,26,29). The number of anilines is 1. The van der Waals surface area contributed by atoms with Gasteiger partial charge in [-0.15, -0.1) is 0 Å². The number of amides is 1. The number of halogens is 1. The molecule has 0 unspecified atom stereocenters. The van der Waals surface area contributed by atoms with Gasteiger partial charge in [0.25, 0.3) is 5.91 Å². The Kier molecular flexibility index (Phi) is 6.53. The first kappa shape index (κ1) is 20.9. The van der Waals surface area contributed by atoms with Crippen LogP contribution in [0.3, 0.4) is 0 Å². The predicted molar refractivity (Wildman–Crippen MR) is 116 cm³/mol. The molecule has 0 saturated heterocycles. The highest BCUT2D eigenvalue weighted by Gasteiger charge is 2.15. The first-order valence-corrected chi connectivity index (χ1v) is 9.46. The van der Waals surface area contributed by atoms with Crippen molar-refractivity contribution in [1.82, 2.24) is 5.32 Å². The van der Waals surface area contributed by atoms with Crippen LogP contribution < -0.4 is 15.4 Å². The first-order chi connectivity index (χ1) is 13.9. The lowest BCUT2D eigenvalue weighted by Gasteiger charge is -2.13. The van der Waals surface area contributed by atoms with E-state index in [4.69, 9.17) is 38.1 Å². The third-order valence-corrected chi connectivity index (χ3v) is 4.64. The third-order valence-electron chi connectivity index (χ3n) is 4.20. The molecule has 0 fully saturated rings. The topological polar surface area (TPSA) is 83.7 Å². The summed E-state index contributed by atoms with van der Waals surface area (Å²) < 4.78 is 10.8. The molecule has 2 aromatic carbocycles. The number of hydrogen-bond acceptors (Lipinski definition) is 5.